The Morgan fingerprint density at radius 2 is 1.46 bits per heavy atom. The molecule has 68 heavy (non-hydrogen) atoms. The molecule has 1 fully saturated rings. The van der Waals surface area contributed by atoms with Crippen molar-refractivity contribution in [1.29, 1.82) is 0 Å². The number of likely N-dealkylation sites (N-methyl/N-ethyl adjacent to an activating group) is 2. The maximum absolute atomic E-state index is 14.6. The van der Waals surface area contributed by atoms with E-state index in [-0.39, 0.29) is 79.2 Å². The van der Waals surface area contributed by atoms with Crippen LogP contribution in [0.15, 0.2) is 42.5 Å². The monoisotopic (exact) mass is 953 g/mol. The van der Waals surface area contributed by atoms with E-state index in [1.165, 1.54) is 38.3 Å². The highest BCUT2D eigenvalue weighted by Gasteiger charge is 2.44. The molecule has 1 aromatic rings. The first-order valence-corrected chi connectivity index (χ1v) is 24.3. The maximum Gasteiger partial charge on any atom is 0.308 e. The molecule has 1 aromatic carbocycles. The number of esters is 1. The molecule has 2 N–H and O–H groups in total. The molecule has 0 radical (unpaired) electrons. The molecule has 0 aliphatic carbocycles. The molecule has 2 heterocycles. The molecule has 3 rings (SSSR count). The fourth-order valence-corrected chi connectivity index (χ4v) is 9.72. The van der Waals surface area contributed by atoms with Crippen LogP contribution in [0.25, 0.3) is 0 Å². The van der Waals surface area contributed by atoms with Gasteiger partial charge in [0.1, 0.15) is 12.1 Å². The first kappa shape index (κ1) is 57.2. The number of ether oxygens (including phenoxy) is 3. The topological polar surface area (TPSA) is 201 Å². The lowest BCUT2D eigenvalue weighted by atomic mass is 9.89. The number of rotatable bonds is 27. The quantitative estimate of drug-likeness (QED) is 0.0948. The van der Waals surface area contributed by atoms with Crippen molar-refractivity contribution in [3.8, 4) is 0 Å². The molecular weight excluding hydrogens is 873 g/mol. The third-order valence-corrected chi connectivity index (χ3v) is 13.8. The predicted octanol–water partition coefficient (Wildman–Crippen LogP) is 4.16. The first-order valence-electron chi connectivity index (χ1n) is 24.3. The Morgan fingerprint density at radius 1 is 0.824 bits per heavy atom. The van der Waals surface area contributed by atoms with Gasteiger partial charge in [-0.05, 0) is 55.4 Å². The second-order valence-electron chi connectivity index (χ2n) is 19.3. The summed E-state index contributed by atoms with van der Waals surface area (Å²) in [7, 11) is 7.60. The van der Waals surface area contributed by atoms with Gasteiger partial charge in [0.15, 0.2) is 0 Å². The molecule has 17 nitrogen and oxygen atoms in total. The Labute approximate surface area is 404 Å². The van der Waals surface area contributed by atoms with Gasteiger partial charge in [0.25, 0.3) is 11.8 Å². The van der Waals surface area contributed by atoms with E-state index >= 15 is 0 Å². The van der Waals surface area contributed by atoms with Gasteiger partial charge in [-0.2, -0.15) is 0 Å². The van der Waals surface area contributed by atoms with Crippen molar-refractivity contribution in [2.24, 2.45) is 29.6 Å². The molecule has 1 unspecified atom stereocenters. The summed E-state index contributed by atoms with van der Waals surface area (Å²) >= 11 is 0. The second kappa shape index (κ2) is 27.1. The van der Waals surface area contributed by atoms with E-state index < -0.39 is 65.9 Å². The minimum absolute atomic E-state index is 0.000461. The number of amides is 7. The highest BCUT2D eigenvalue weighted by molar-refractivity contribution is 6.12. The van der Waals surface area contributed by atoms with Crippen molar-refractivity contribution in [1.82, 2.24) is 30.2 Å². The number of nitrogens with zero attached hydrogens (tertiary/aromatic N) is 4. The van der Waals surface area contributed by atoms with Gasteiger partial charge in [-0.15, -0.1) is 0 Å². The highest BCUT2D eigenvalue weighted by Crippen LogP contribution is 2.30. The number of hydrogen-bond acceptors (Lipinski definition) is 11. The van der Waals surface area contributed by atoms with E-state index in [9.17, 15) is 38.4 Å². The Balaban J connectivity index is 1.77. The lowest BCUT2D eigenvalue weighted by Gasteiger charge is -2.41. The van der Waals surface area contributed by atoms with Crippen LogP contribution in [-0.2, 0) is 59.0 Å². The summed E-state index contributed by atoms with van der Waals surface area (Å²) in [6.45, 7) is 15.4. The first-order chi connectivity index (χ1) is 32.1. The minimum Gasteiger partial charge on any atom is -0.469 e. The fraction of sp³-hybridized carbons (Fsp3) is 0.686. The van der Waals surface area contributed by atoms with Crippen molar-refractivity contribution in [2.75, 3.05) is 48.5 Å². The average Bonchev–Trinajstić information content (AvgIpc) is 3.92. The summed E-state index contributed by atoms with van der Waals surface area (Å²) in [4.78, 5) is 113. The summed E-state index contributed by atoms with van der Waals surface area (Å²) in [5, 5.41) is 6.12. The minimum atomic E-state index is -0.981. The molecule has 2 aliphatic rings. The molecule has 7 amide bonds. The van der Waals surface area contributed by atoms with E-state index in [0.717, 1.165) is 10.5 Å². The predicted molar refractivity (Wildman–Crippen MR) is 257 cm³/mol. The number of carbonyl (C=O) groups excluding carboxylic acids is 8. The van der Waals surface area contributed by atoms with Gasteiger partial charge in [0.2, 0.25) is 29.5 Å². The summed E-state index contributed by atoms with van der Waals surface area (Å²) in [5.41, 5.74) is 1.01. The van der Waals surface area contributed by atoms with E-state index in [1.807, 2.05) is 71.9 Å². The molecule has 17 heteroatoms. The van der Waals surface area contributed by atoms with Crippen LogP contribution in [0, 0.1) is 29.6 Å². The van der Waals surface area contributed by atoms with Crippen LogP contribution in [0.5, 0.6) is 0 Å². The number of nitrogens with one attached hydrogen (secondary N) is 2. The van der Waals surface area contributed by atoms with Gasteiger partial charge in [-0.1, -0.05) is 92.1 Å². The zero-order chi connectivity index (χ0) is 51.0. The van der Waals surface area contributed by atoms with Gasteiger partial charge in [0.05, 0.1) is 49.7 Å². The summed E-state index contributed by atoms with van der Waals surface area (Å²) < 4.78 is 17.1. The Bertz CT molecular complexity index is 1890. The molecule has 1 saturated heterocycles. The van der Waals surface area contributed by atoms with Crippen molar-refractivity contribution < 1.29 is 52.6 Å². The molecule has 2 aliphatic heterocycles. The zero-order valence-corrected chi connectivity index (χ0v) is 42.8. The van der Waals surface area contributed by atoms with Crippen LogP contribution in [0.2, 0.25) is 0 Å². The molecule has 0 spiro atoms. The van der Waals surface area contributed by atoms with Crippen molar-refractivity contribution in [2.45, 2.75) is 149 Å². The van der Waals surface area contributed by atoms with Crippen LogP contribution >= 0.6 is 0 Å². The van der Waals surface area contributed by atoms with Crippen LogP contribution in [0.4, 0.5) is 0 Å². The van der Waals surface area contributed by atoms with Gasteiger partial charge < -0.3 is 39.5 Å². The molecule has 380 valence electrons. The van der Waals surface area contributed by atoms with Gasteiger partial charge in [0, 0.05) is 66.0 Å². The van der Waals surface area contributed by atoms with Crippen molar-refractivity contribution >= 4 is 47.3 Å². The van der Waals surface area contributed by atoms with Crippen LogP contribution < -0.4 is 10.6 Å². The van der Waals surface area contributed by atoms with E-state index in [1.54, 1.807) is 37.8 Å². The standard InChI is InChI=1S/C51H80N6O11/c1-14-33(6)46(55(10)50(64)44(31(2)3)53-49(63)45(32(4)5)54(9)40(58)23-19-27-57-41(59)24-25-42(57)60)39(66-11)30-43(61)56-26-18-22-38(56)47(67-12)35(8)48(62)52-37(28-34(7)51(65)68-13)29-36-20-16-15-17-21-36/h15-17,20-21,24-25,31-35,37-39,44-47H,14,18-19,22-23,26-30H2,1-13H3,(H,52,62)(H,53,63)/t33-,34?,35+,37+,38-,39+,44-,45-,46-,47+/m0/s1. The smallest absolute Gasteiger partial charge is 0.308 e. The highest BCUT2D eigenvalue weighted by atomic mass is 16.5. The van der Waals surface area contributed by atoms with Crippen molar-refractivity contribution in [3.63, 3.8) is 0 Å². The van der Waals surface area contributed by atoms with Crippen molar-refractivity contribution in [3.05, 3.63) is 48.0 Å². The summed E-state index contributed by atoms with van der Waals surface area (Å²) in [6.07, 6.45) is 4.03. The third kappa shape index (κ3) is 15.2. The number of imide groups is 1. The lowest BCUT2D eigenvalue weighted by Crippen LogP contribution is -2.60. The lowest BCUT2D eigenvalue weighted by molar-refractivity contribution is -0.148. The Kier molecular flexibility index (Phi) is 22.8. The summed E-state index contributed by atoms with van der Waals surface area (Å²) in [5.74, 6) is -4.80. The van der Waals surface area contributed by atoms with Crippen LogP contribution in [0.1, 0.15) is 106 Å². The van der Waals surface area contributed by atoms with Crippen LogP contribution in [0.3, 0.4) is 0 Å². The van der Waals surface area contributed by atoms with E-state index in [0.29, 0.717) is 38.6 Å². The number of likely N-dealkylation sites (tertiary alicyclic amines) is 1. The van der Waals surface area contributed by atoms with E-state index in [2.05, 4.69) is 10.6 Å². The van der Waals surface area contributed by atoms with Gasteiger partial charge in [-0.3, -0.25) is 43.3 Å². The third-order valence-electron chi connectivity index (χ3n) is 13.8. The number of benzene rings is 1. The molecular formula is C51H80N6O11. The zero-order valence-electron chi connectivity index (χ0n) is 42.8. The largest absolute Gasteiger partial charge is 0.469 e. The number of carbonyl (C=O) groups is 8. The molecule has 0 aromatic heterocycles. The molecule has 0 saturated carbocycles. The Hall–Kier alpha value is -5.16. The normalized spacial score (nSPS) is 18.9. The molecule has 0 bridgehead atoms. The number of hydrogen-bond donors (Lipinski definition) is 2. The average molecular weight is 953 g/mol. The summed E-state index contributed by atoms with van der Waals surface area (Å²) in [6, 6.07) is 6.47. The second-order valence-corrected chi connectivity index (χ2v) is 19.3. The maximum atomic E-state index is 14.6. The SMILES string of the molecule is CC[C@H](C)[C@@H]([C@@H](CC(=O)N1CCC[C@H]1[C@H](OC)[C@@H](C)C(=O)N[C@@H](Cc1ccccc1)CC(C)C(=O)OC)OC)N(C)C(=O)[C@@H](NC(=O)[C@H](C(C)C)N(C)C(=O)CCCN1C(=O)C=CC1=O)C(C)C. The van der Waals surface area contributed by atoms with Gasteiger partial charge in [-0.25, -0.2) is 0 Å². The number of methoxy groups -OCH3 is 3. The Morgan fingerprint density at radius 3 is 2.00 bits per heavy atom. The fourth-order valence-electron chi connectivity index (χ4n) is 9.72. The van der Waals surface area contributed by atoms with Gasteiger partial charge >= 0.3 is 5.97 Å². The van der Waals surface area contributed by atoms with Crippen LogP contribution in [-0.4, -0.2) is 158 Å². The van der Waals surface area contributed by atoms with E-state index in [4.69, 9.17) is 14.2 Å². The molecule has 10 atom stereocenters.